The fraction of sp³-hybridized carbons (Fsp3) is 0.667. The molecule has 0 radical (unpaired) electrons. The minimum absolute atomic E-state index is 0.151. The van der Waals surface area contributed by atoms with E-state index in [9.17, 15) is 0 Å². The normalized spacial score (nSPS) is 22.8. The van der Waals surface area contributed by atoms with Crippen LogP contribution in [0.2, 0.25) is 5.02 Å². The van der Waals surface area contributed by atoms with E-state index in [0.29, 0.717) is 17.0 Å². The van der Waals surface area contributed by atoms with E-state index in [1.165, 1.54) is 0 Å². The number of pyridine rings is 1. The Kier molecular flexibility index (Phi) is 6.07. The molecule has 0 aliphatic heterocycles. The lowest BCUT2D eigenvalue weighted by Crippen LogP contribution is -2.29. The number of methoxy groups -OCH3 is 1. The Morgan fingerprint density at radius 3 is 2.90 bits per heavy atom. The lowest BCUT2D eigenvalue weighted by atomic mass is 9.95. The van der Waals surface area contributed by atoms with Gasteiger partial charge >= 0.3 is 0 Å². The first kappa shape index (κ1) is 15.5. The first-order valence-corrected chi connectivity index (χ1v) is 7.65. The highest BCUT2D eigenvalue weighted by atomic mass is 35.5. The summed E-state index contributed by atoms with van der Waals surface area (Å²) in [5.41, 5.74) is 1.07. The Labute approximate surface area is 125 Å². The van der Waals surface area contributed by atoms with Gasteiger partial charge in [0.25, 0.3) is 0 Å². The Morgan fingerprint density at radius 1 is 1.40 bits per heavy atom. The van der Waals surface area contributed by atoms with Gasteiger partial charge in [0, 0.05) is 26.3 Å². The van der Waals surface area contributed by atoms with E-state index in [-0.39, 0.29) is 6.10 Å². The molecule has 5 heteroatoms. The number of hydrogen-bond donors (Lipinski definition) is 1. The molecule has 0 bridgehead atoms. The molecule has 0 amide bonds. The maximum atomic E-state index is 6.25. The molecule has 2 unspecified atom stereocenters. The Hall–Kier alpha value is -0.840. The van der Waals surface area contributed by atoms with Crippen molar-refractivity contribution in [2.24, 2.45) is 0 Å². The number of nitrogens with zero attached hydrogens (tertiary/aromatic N) is 1. The van der Waals surface area contributed by atoms with Gasteiger partial charge in [-0.1, -0.05) is 18.5 Å². The van der Waals surface area contributed by atoms with Crippen LogP contribution in [-0.2, 0) is 11.3 Å². The van der Waals surface area contributed by atoms with Crippen molar-refractivity contribution in [3.8, 4) is 5.88 Å². The molecule has 112 valence electrons. The van der Waals surface area contributed by atoms with Crippen LogP contribution in [-0.4, -0.2) is 30.8 Å². The van der Waals surface area contributed by atoms with Crippen molar-refractivity contribution in [2.45, 2.75) is 51.4 Å². The largest absolute Gasteiger partial charge is 0.473 e. The molecule has 4 nitrogen and oxygen atoms in total. The third-order valence-corrected chi connectivity index (χ3v) is 3.90. The van der Waals surface area contributed by atoms with Gasteiger partial charge in [0.05, 0.1) is 6.10 Å². The van der Waals surface area contributed by atoms with E-state index < -0.39 is 0 Å². The third kappa shape index (κ3) is 4.33. The van der Waals surface area contributed by atoms with Gasteiger partial charge in [-0.3, -0.25) is 0 Å². The summed E-state index contributed by atoms with van der Waals surface area (Å²) < 4.78 is 11.3. The molecule has 1 heterocycles. The molecular formula is C15H23ClN2O2. The van der Waals surface area contributed by atoms with Crippen molar-refractivity contribution < 1.29 is 9.47 Å². The van der Waals surface area contributed by atoms with Gasteiger partial charge in [0.2, 0.25) is 5.88 Å². The van der Waals surface area contributed by atoms with Gasteiger partial charge in [0.15, 0.2) is 0 Å². The molecule has 20 heavy (non-hydrogen) atoms. The summed E-state index contributed by atoms with van der Waals surface area (Å²) in [6.45, 7) is 3.77. The Balaban J connectivity index is 1.95. The van der Waals surface area contributed by atoms with Crippen LogP contribution in [0.25, 0.3) is 0 Å². The zero-order valence-electron chi connectivity index (χ0n) is 12.2. The molecule has 1 fully saturated rings. The summed E-state index contributed by atoms with van der Waals surface area (Å²) in [7, 11) is 1.76. The smallest absolute Gasteiger partial charge is 0.232 e. The zero-order valence-corrected chi connectivity index (χ0v) is 12.9. The number of aromatic nitrogens is 1. The van der Waals surface area contributed by atoms with Crippen molar-refractivity contribution in [3.05, 3.63) is 22.8 Å². The summed E-state index contributed by atoms with van der Waals surface area (Å²) in [5.74, 6) is 0.536. The topological polar surface area (TPSA) is 43.4 Å². The standard InChI is InChI=1S/C15H23ClN2O2/c1-3-17-9-11-7-14(16)15(18-10-11)20-13-6-4-5-12(8-13)19-2/h7,10,12-13,17H,3-6,8-9H2,1-2H3. The molecule has 1 aromatic rings. The highest BCUT2D eigenvalue weighted by Gasteiger charge is 2.24. The van der Waals surface area contributed by atoms with Crippen molar-refractivity contribution in [2.75, 3.05) is 13.7 Å². The highest BCUT2D eigenvalue weighted by molar-refractivity contribution is 6.31. The lowest BCUT2D eigenvalue weighted by Gasteiger charge is -2.28. The summed E-state index contributed by atoms with van der Waals surface area (Å²) in [6.07, 6.45) is 6.45. The number of ether oxygens (including phenoxy) is 2. The summed E-state index contributed by atoms with van der Waals surface area (Å²) in [5, 5.41) is 3.83. The lowest BCUT2D eigenvalue weighted by molar-refractivity contribution is 0.0195. The average molecular weight is 299 g/mol. The van der Waals surface area contributed by atoms with Gasteiger partial charge in [-0.2, -0.15) is 0 Å². The van der Waals surface area contributed by atoms with Gasteiger partial charge in [-0.05, 0) is 37.4 Å². The summed E-state index contributed by atoms with van der Waals surface area (Å²) >= 11 is 6.25. The van der Waals surface area contributed by atoms with Crippen LogP contribution in [0.4, 0.5) is 0 Å². The minimum atomic E-state index is 0.151. The minimum Gasteiger partial charge on any atom is -0.473 e. The van der Waals surface area contributed by atoms with E-state index in [1.54, 1.807) is 7.11 Å². The number of halogens is 1. The van der Waals surface area contributed by atoms with E-state index in [2.05, 4.69) is 17.2 Å². The molecule has 2 rings (SSSR count). The third-order valence-electron chi connectivity index (χ3n) is 3.63. The maximum Gasteiger partial charge on any atom is 0.232 e. The van der Waals surface area contributed by atoms with Gasteiger partial charge in [0.1, 0.15) is 11.1 Å². The summed E-state index contributed by atoms with van der Waals surface area (Å²) in [4.78, 5) is 4.34. The average Bonchev–Trinajstić information content (AvgIpc) is 2.48. The van der Waals surface area contributed by atoms with E-state index in [0.717, 1.165) is 44.3 Å². The molecule has 1 N–H and O–H groups in total. The van der Waals surface area contributed by atoms with Crippen molar-refractivity contribution >= 4 is 11.6 Å². The zero-order chi connectivity index (χ0) is 14.4. The first-order valence-electron chi connectivity index (χ1n) is 7.27. The van der Waals surface area contributed by atoms with E-state index >= 15 is 0 Å². The molecule has 0 saturated heterocycles. The predicted octanol–water partition coefficient (Wildman–Crippen LogP) is 3.18. The second-order valence-corrected chi connectivity index (χ2v) is 5.58. The van der Waals surface area contributed by atoms with Gasteiger partial charge in [-0.25, -0.2) is 4.98 Å². The van der Waals surface area contributed by atoms with Gasteiger partial charge < -0.3 is 14.8 Å². The van der Waals surface area contributed by atoms with E-state index in [4.69, 9.17) is 21.1 Å². The monoisotopic (exact) mass is 298 g/mol. The second kappa shape index (κ2) is 7.81. The van der Waals surface area contributed by atoms with Crippen molar-refractivity contribution in [1.82, 2.24) is 10.3 Å². The van der Waals surface area contributed by atoms with Gasteiger partial charge in [-0.15, -0.1) is 0 Å². The number of rotatable bonds is 6. The van der Waals surface area contributed by atoms with Crippen LogP contribution < -0.4 is 10.1 Å². The van der Waals surface area contributed by atoms with Crippen LogP contribution >= 0.6 is 11.6 Å². The first-order chi connectivity index (χ1) is 9.72. The Bertz CT molecular complexity index is 428. The fourth-order valence-electron chi connectivity index (χ4n) is 2.50. The van der Waals surface area contributed by atoms with Crippen molar-refractivity contribution in [3.63, 3.8) is 0 Å². The number of hydrogen-bond acceptors (Lipinski definition) is 4. The molecule has 0 spiro atoms. The molecular weight excluding hydrogens is 276 g/mol. The predicted molar refractivity (Wildman–Crippen MR) is 80.3 cm³/mol. The van der Waals surface area contributed by atoms with Crippen LogP contribution in [0.5, 0.6) is 5.88 Å². The summed E-state index contributed by atoms with van der Waals surface area (Å²) in [6, 6.07) is 1.92. The molecule has 1 aromatic heterocycles. The fourth-order valence-corrected chi connectivity index (χ4v) is 2.73. The number of nitrogens with one attached hydrogen (secondary N) is 1. The molecule has 0 aromatic carbocycles. The molecule has 1 aliphatic carbocycles. The SMILES string of the molecule is CCNCc1cnc(OC2CCCC(OC)C2)c(Cl)c1. The maximum absolute atomic E-state index is 6.25. The molecule has 2 atom stereocenters. The van der Waals surface area contributed by atoms with Crippen LogP contribution in [0, 0.1) is 0 Å². The highest BCUT2D eigenvalue weighted by Crippen LogP contribution is 2.28. The van der Waals surface area contributed by atoms with E-state index in [1.807, 2.05) is 12.3 Å². The van der Waals surface area contributed by atoms with Crippen LogP contribution in [0.3, 0.4) is 0 Å². The molecule has 1 saturated carbocycles. The quantitative estimate of drug-likeness (QED) is 0.876. The molecule has 1 aliphatic rings. The van der Waals surface area contributed by atoms with Crippen molar-refractivity contribution in [1.29, 1.82) is 0 Å². The van der Waals surface area contributed by atoms with Crippen LogP contribution in [0.1, 0.15) is 38.2 Å². The Morgan fingerprint density at radius 2 is 2.20 bits per heavy atom. The second-order valence-electron chi connectivity index (χ2n) is 5.18. The van der Waals surface area contributed by atoms with Crippen LogP contribution in [0.15, 0.2) is 12.3 Å².